The quantitative estimate of drug-likeness (QED) is 0.534. The van der Waals surface area contributed by atoms with Gasteiger partial charge in [-0.05, 0) is 43.5 Å². The van der Waals surface area contributed by atoms with Gasteiger partial charge in [0.25, 0.3) is 0 Å². The molecule has 4 nitrogen and oxygen atoms in total. The van der Waals surface area contributed by atoms with Crippen LogP contribution in [-0.2, 0) is 16.6 Å². The van der Waals surface area contributed by atoms with Gasteiger partial charge in [0.15, 0.2) is 0 Å². The van der Waals surface area contributed by atoms with E-state index in [-0.39, 0.29) is 0 Å². The van der Waals surface area contributed by atoms with Crippen molar-refractivity contribution in [3.63, 3.8) is 0 Å². The van der Waals surface area contributed by atoms with Gasteiger partial charge in [-0.15, -0.1) is 6.58 Å². The van der Waals surface area contributed by atoms with E-state index in [9.17, 15) is 8.42 Å². The predicted octanol–water partition coefficient (Wildman–Crippen LogP) is 2.77. The molecule has 0 amide bonds. The van der Waals surface area contributed by atoms with E-state index >= 15 is 0 Å². The monoisotopic (exact) mass is 310 g/mol. The van der Waals surface area contributed by atoms with Crippen molar-refractivity contribution in [3.05, 3.63) is 42.5 Å². The third-order valence-electron chi connectivity index (χ3n) is 3.27. The molecule has 21 heavy (non-hydrogen) atoms. The third kappa shape index (κ3) is 5.61. The van der Waals surface area contributed by atoms with Crippen LogP contribution >= 0.6 is 0 Å². The summed E-state index contributed by atoms with van der Waals surface area (Å²) in [4.78, 5) is 0.350. The lowest BCUT2D eigenvalue weighted by atomic mass is 10.2. The SMILES string of the molecule is C=CCCCN(C)S(=O)(=O)c1ccc(CNCCC)cc1. The minimum absolute atomic E-state index is 0.350. The molecule has 0 aromatic heterocycles. The number of hydrogen-bond donors (Lipinski definition) is 1. The minimum atomic E-state index is -3.38. The molecular weight excluding hydrogens is 284 g/mol. The van der Waals surface area contributed by atoms with Crippen LogP contribution in [0.5, 0.6) is 0 Å². The van der Waals surface area contributed by atoms with E-state index in [1.165, 1.54) is 4.31 Å². The average Bonchev–Trinajstić information content (AvgIpc) is 2.48. The van der Waals surface area contributed by atoms with Crippen molar-refractivity contribution < 1.29 is 8.42 Å². The van der Waals surface area contributed by atoms with Gasteiger partial charge < -0.3 is 5.32 Å². The summed E-state index contributed by atoms with van der Waals surface area (Å²) in [5.41, 5.74) is 1.09. The van der Waals surface area contributed by atoms with E-state index in [0.29, 0.717) is 11.4 Å². The molecule has 0 aliphatic heterocycles. The molecule has 0 bridgehead atoms. The van der Waals surface area contributed by atoms with Crippen LogP contribution in [0.4, 0.5) is 0 Å². The molecule has 0 saturated heterocycles. The molecule has 118 valence electrons. The summed E-state index contributed by atoms with van der Waals surface area (Å²) in [6, 6.07) is 7.10. The summed E-state index contributed by atoms with van der Waals surface area (Å²) in [5, 5.41) is 3.30. The van der Waals surface area contributed by atoms with E-state index in [1.54, 1.807) is 25.3 Å². The molecule has 0 heterocycles. The summed E-state index contributed by atoms with van der Waals surface area (Å²) in [7, 11) is -1.76. The Labute approximate surface area is 128 Å². The van der Waals surface area contributed by atoms with Crippen LogP contribution in [0.15, 0.2) is 41.8 Å². The van der Waals surface area contributed by atoms with Gasteiger partial charge >= 0.3 is 0 Å². The Bertz CT molecular complexity index is 524. The first-order valence-corrected chi connectivity index (χ1v) is 8.83. The zero-order valence-corrected chi connectivity index (χ0v) is 13.8. The van der Waals surface area contributed by atoms with Crippen molar-refractivity contribution in [1.29, 1.82) is 0 Å². The van der Waals surface area contributed by atoms with Gasteiger partial charge in [-0.3, -0.25) is 0 Å². The molecule has 0 fully saturated rings. The molecule has 0 aliphatic rings. The van der Waals surface area contributed by atoms with E-state index in [4.69, 9.17) is 0 Å². The molecule has 0 atom stereocenters. The maximum Gasteiger partial charge on any atom is 0.242 e. The van der Waals surface area contributed by atoms with Crippen molar-refractivity contribution in [3.8, 4) is 0 Å². The Morgan fingerprint density at radius 2 is 1.95 bits per heavy atom. The van der Waals surface area contributed by atoms with Crippen molar-refractivity contribution >= 4 is 10.0 Å². The lowest BCUT2D eigenvalue weighted by Gasteiger charge is -2.17. The van der Waals surface area contributed by atoms with Crippen LogP contribution in [0.2, 0.25) is 0 Å². The van der Waals surface area contributed by atoms with E-state index in [0.717, 1.165) is 37.9 Å². The maximum atomic E-state index is 12.4. The fraction of sp³-hybridized carbons (Fsp3) is 0.500. The van der Waals surface area contributed by atoms with E-state index in [1.807, 2.05) is 12.1 Å². The van der Waals surface area contributed by atoms with Crippen LogP contribution in [-0.4, -0.2) is 32.9 Å². The molecule has 0 radical (unpaired) electrons. The third-order valence-corrected chi connectivity index (χ3v) is 5.14. The standard InChI is InChI=1S/C16H26N2O2S/c1-4-6-7-13-18(3)21(19,20)16-10-8-15(9-11-16)14-17-12-5-2/h4,8-11,17H,1,5-7,12-14H2,2-3H3. The molecule has 0 unspecified atom stereocenters. The van der Waals surface area contributed by atoms with Gasteiger partial charge in [0.05, 0.1) is 4.90 Å². The van der Waals surface area contributed by atoms with Crippen LogP contribution in [0.25, 0.3) is 0 Å². The second kappa shape index (κ2) is 8.97. The summed E-state index contributed by atoms with van der Waals surface area (Å²) in [6.45, 7) is 8.00. The largest absolute Gasteiger partial charge is 0.313 e. The Kier molecular flexibility index (Phi) is 7.64. The number of rotatable bonds is 10. The van der Waals surface area contributed by atoms with Gasteiger partial charge in [-0.1, -0.05) is 25.1 Å². The topological polar surface area (TPSA) is 49.4 Å². The molecule has 0 aliphatic carbocycles. The second-order valence-electron chi connectivity index (χ2n) is 5.08. The fourth-order valence-corrected chi connectivity index (χ4v) is 3.16. The number of nitrogens with zero attached hydrogens (tertiary/aromatic N) is 1. The first-order valence-electron chi connectivity index (χ1n) is 7.39. The number of nitrogens with one attached hydrogen (secondary N) is 1. The van der Waals surface area contributed by atoms with Crippen LogP contribution in [0, 0.1) is 0 Å². The average molecular weight is 310 g/mol. The molecule has 5 heteroatoms. The molecule has 0 saturated carbocycles. The molecular formula is C16H26N2O2S. The molecule has 1 aromatic rings. The minimum Gasteiger partial charge on any atom is -0.313 e. The zero-order chi connectivity index (χ0) is 15.7. The van der Waals surface area contributed by atoms with Crippen LogP contribution < -0.4 is 5.32 Å². The van der Waals surface area contributed by atoms with Crippen LogP contribution in [0.3, 0.4) is 0 Å². The number of sulfonamides is 1. The second-order valence-corrected chi connectivity index (χ2v) is 7.12. The Balaban J connectivity index is 2.68. The van der Waals surface area contributed by atoms with Gasteiger partial charge in [0, 0.05) is 20.1 Å². The van der Waals surface area contributed by atoms with E-state index in [2.05, 4.69) is 18.8 Å². The Morgan fingerprint density at radius 1 is 1.29 bits per heavy atom. The number of hydrogen-bond acceptors (Lipinski definition) is 3. The Morgan fingerprint density at radius 3 is 2.52 bits per heavy atom. The van der Waals surface area contributed by atoms with Crippen molar-refractivity contribution in [2.75, 3.05) is 20.1 Å². The molecule has 1 aromatic carbocycles. The number of allylic oxidation sites excluding steroid dienone is 1. The van der Waals surface area contributed by atoms with Crippen molar-refractivity contribution in [1.82, 2.24) is 9.62 Å². The number of benzene rings is 1. The Hall–Kier alpha value is -1.17. The lowest BCUT2D eigenvalue weighted by Crippen LogP contribution is -2.28. The number of unbranched alkanes of at least 4 members (excludes halogenated alkanes) is 1. The molecule has 1 rings (SSSR count). The van der Waals surface area contributed by atoms with E-state index < -0.39 is 10.0 Å². The van der Waals surface area contributed by atoms with Crippen LogP contribution in [0.1, 0.15) is 31.7 Å². The first-order chi connectivity index (χ1) is 10.0. The molecule has 1 N–H and O–H groups in total. The molecule has 0 spiro atoms. The normalized spacial score (nSPS) is 11.8. The highest BCUT2D eigenvalue weighted by Gasteiger charge is 2.19. The summed E-state index contributed by atoms with van der Waals surface area (Å²) >= 11 is 0. The lowest BCUT2D eigenvalue weighted by molar-refractivity contribution is 0.463. The summed E-state index contributed by atoms with van der Waals surface area (Å²) in [6.07, 6.45) is 4.50. The van der Waals surface area contributed by atoms with Crippen molar-refractivity contribution in [2.24, 2.45) is 0 Å². The zero-order valence-electron chi connectivity index (χ0n) is 13.0. The highest BCUT2D eigenvalue weighted by atomic mass is 32.2. The van der Waals surface area contributed by atoms with Crippen molar-refractivity contribution in [2.45, 2.75) is 37.6 Å². The summed E-state index contributed by atoms with van der Waals surface area (Å²) < 4.78 is 26.2. The van der Waals surface area contributed by atoms with Gasteiger partial charge in [-0.2, -0.15) is 0 Å². The summed E-state index contributed by atoms with van der Waals surface area (Å²) in [5.74, 6) is 0. The highest BCUT2D eigenvalue weighted by molar-refractivity contribution is 7.89. The first kappa shape index (κ1) is 17.9. The fourth-order valence-electron chi connectivity index (χ4n) is 1.95. The predicted molar refractivity (Wildman–Crippen MR) is 87.7 cm³/mol. The van der Waals surface area contributed by atoms with Gasteiger partial charge in [0.2, 0.25) is 10.0 Å². The van der Waals surface area contributed by atoms with Gasteiger partial charge in [-0.25, -0.2) is 12.7 Å². The maximum absolute atomic E-state index is 12.4. The smallest absolute Gasteiger partial charge is 0.242 e. The highest BCUT2D eigenvalue weighted by Crippen LogP contribution is 2.15. The van der Waals surface area contributed by atoms with Gasteiger partial charge in [0.1, 0.15) is 0 Å².